The summed E-state index contributed by atoms with van der Waals surface area (Å²) in [6.07, 6.45) is 0.363. The van der Waals surface area contributed by atoms with Crippen LogP contribution in [0.1, 0.15) is 30.1 Å². The fourth-order valence-electron chi connectivity index (χ4n) is 3.97. The number of amides is 3. The maximum absolute atomic E-state index is 13.3. The first-order valence-corrected chi connectivity index (χ1v) is 8.80. The monoisotopic (exact) mass is 367 g/mol. The largest absolute Gasteiger partial charge is 0.322 e. The molecule has 0 aromatic heterocycles. The fourth-order valence-corrected chi connectivity index (χ4v) is 3.97. The molecule has 4 rings (SSSR count). The third-order valence-electron chi connectivity index (χ3n) is 5.16. The highest BCUT2D eigenvalue weighted by Gasteiger charge is 2.60. The van der Waals surface area contributed by atoms with E-state index in [1.54, 1.807) is 31.2 Å². The lowest BCUT2D eigenvalue weighted by molar-refractivity contribution is -0.128. The van der Waals surface area contributed by atoms with E-state index in [1.165, 1.54) is 34.1 Å². The number of halogens is 1. The topological polar surface area (TPSA) is 69.7 Å². The molecule has 2 aromatic carbocycles. The van der Waals surface area contributed by atoms with Crippen molar-refractivity contribution >= 4 is 29.1 Å². The second-order valence-electron chi connectivity index (χ2n) is 6.57. The average Bonchev–Trinajstić information content (AvgIpc) is 3.02. The van der Waals surface area contributed by atoms with E-state index < -0.39 is 17.4 Å². The summed E-state index contributed by atoms with van der Waals surface area (Å²) in [4.78, 5) is 42.0. The number of likely N-dealkylation sites (N-methyl/N-ethyl adjacent to an activating group) is 1. The number of benzene rings is 2. The molecule has 0 saturated carbocycles. The number of nitrogens with zero attached hydrogens (tertiary/aromatic N) is 2. The molecule has 0 bridgehead atoms. The quantitative estimate of drug-likeness (QED) is 0.907. The predicted molar refractivity (Wildman–Crippen MR) is 97.6 cm³/mol. The van der Waals surface area contributed by atoms with Crippen molar-refractivity contribution in [3.63, 3.8) is 0 Å². The molecule has 2 aliphatic heterocycles. The van der Waals surface area contributed by atoms with Crippen LogP contribution >= 0.6 is 0 Å². The minimum absolute atomic E-state index is 0.162. The van der Waals surface area contributed by atoms with Crippen molar-refractivity contribution in [2.45, 2.75) is 25.4 Å². The van der Waals surface area contributed by atoms with Crippen molar-refractivity contribution in [2.75, 3.05) is 16.8 Å². The van der Waals surface area contributed by atoms with Gasteiger partial charge in [-0.3, -0.25) is 19.3 Å². The molecule has 1 saturated heterocycles. The lowest BCUT2D eigenvalue weighted by Gasteiger charge is -2.48. The normalized spacial score (nSPS) is 21.1. The zero-order chi connectivity index (χ0) is 19.2. The van der Waals surface area contributed by atoms with Gasteiger partial charge in [0.2, 0.25) is 11.6 Å². The van der Waals surface area contributed by atoms with Gasteiger partial charge >= 0.3 is 0 Å². The Morgan fingerprint density at radius 2 is 1.85 bits per heavy atom. The van der Waals surface area contributed by atoms with Crippen molar-refractivity contribution in [3.05, 3.63) is 59.9 Å². The second-order valence-corrected chi connectivity index (χ2v) is 6.57. The molecule has 0 unspecified atom stereocenters. The molecule has 0 spiro atoms. The Labute approximate surface area is 155 Å². The molecular weight excluding hydrogens is 349 g/mol. The Morgan fingerprint density at radius 3 is 2.56 bits per heavy atom. The van der Waals surface area contributed by atoms with E-state index in [9.17, 15) is 18.8 Å². The molecule has 1 fully saturated rings. The van der Waals surface area contributed by atoms with Gasteiger partial charge < -0.3 is 10.2 Å². The van der Waals surface area contributed by atoms with Crippen LogP contribution in [0, 0.1) is 5.82 Å². The van der Waals surface area contributed by atoms with E-state index in [0.717, 1.165) is 0 Å². The van der Waals surface area contributed by atoms with Crippen LogP contribution < -0.4 is 10.2 Å². The molecule has 0 radical (unpaired) electrons. The Hall–Kier alpha value is -3.22. The van der Waals surface area contributed by atoms with Gasteiger partial charge in [-0.05, 0) is 43.3 Å². The van der Waals surface area contributed by atoms with Gasteiger partial charge in [-0.25, -0.2) is 4.39 Å². The smallest absolute Gasteiger partial charge is 0.271 e. The summed E-state index contributed by atoms with van der Waals surface area (Å²) >= 11 is 0. The first kappa shape index (κ1) is 17.2. The van der Waals surface area contributed by atoms with Gasteiger partial charge in [0.05, 0.1) is 11.3 Å². The number of rotatable bonds is 3. The van der Waals surface area contributed by atoms with E-state index in [2.05, 4.69) is 5.32 Å². The summed E-state index contributed by atoms with van der Waals surface area (Å²) in [6.45, 7) is 2.05. The molecule has 2 aromatic rings. The summed E-state index contributed by atoms with van der Waals surface area (Å²) in [5.74, 6) is -1.39. The molecule has 27 heavy (non-hydrogen) atoms. The van der Waals surface area contributed by atoms with Crippen molar-refractivity contribution in [1.29, 1.82) is 0 Å². The van der Waals surface area contributed by atoms with Crippen LogP contribution in [0.4, 0.5) is 15.8 Å². The van der Waals surface area contributed by atoms with Crippen molar-refractivity contribution < 1.29 is 18.8 Å². The third kappa shape index (κ3) is 2.42. The molecule has 138 valence electrons. The Balaban J connectivity index is 1.82. The number of carbonyl (C=O) groups excluding carboxylic acids is 3. The van der Waals surface area contributed by atoms with Crippen LogP contribution in [0.15, 0.2) is 48.5 Å². The number of anilines is 2. The minimum Gasteiger partial charge on any atom is -0.322 e. The summed E-state index contributed by atoms with van der Waals surface area (Å²) in [7, 11) is 0. The Morgan fingerprint density at radius 1 is 1.15 bits per heavy atom. The third-order valence-corrected chi connectivity index (χ3v) is 5.16. The van der Waals surface area contributed by atoms with E-state index >= 15 is 0 Å². The lowest BCUT2D eigenvalue weighted by Crippen LogP contribution is -2.69. The van der Waals surface area contributed by atoms with Gasteiger partial charge in [-0.15, -0.1) is 0 Å². The maximum Gasteiger partial charge on any atom is 0.271 e. The van der Waals surface area contributed by atoms with Gasteiger partial charge in [0.25, 0.3) is 11.8 Å². The molecule has 2 aliphatic rings. The number of carbonyl (C=O) groups is 3. The highest BCUT2D eigenvalue weighted by Crippen LogP contribution is 2.44. The maximum atomic E-state index is 13.3. The van der Waals surface area contributed by atoms with E-state index in [4.69, 9.17) is 0 Å². The van der Waals surface area contributed by atoms with Crippen LogP contribution in [-0.2, 0) is 9.59 Å². The second kappa shape index (κ2) is 6.19. The predicted octanol–water partition coefficient (Wildman–Crippen LogP) is 2.76. The molecule has 1 N–H and O–H groups in total. The zero-order valence-electron chi connectivity index (χ0n) is 14.7. The van der Waals surface area contributed by atoms with Crippen LogP contribution in [0.25, 0.3) is 0 Å². The van der Waals surface area contributed by atoms with Gasteiger partial charge in [0.15, 0.2) is 0 Å². The first-order valence-electron chi connectivity index (χ1n) is 8.80. The molecule has 2 heterocycles. The summed E-state index contributed by atoms with van der Waals surface area (Å²) in [6, 6.07) is 12.2. The van der Waals surface area contributed by atoms with Crippen molar-refractivity contribution in [3.8, 4) is 0 Å². The standard InChI is InChI=1S/C20H18FN3O3/c1-2-23-18(26)15-5-3-4-6-16(15)24-17(25)11-12-20(23,24)19(27)22-14-9-7-13(21)8-10-14/h3-10H,2,11-12H2,1H3,(H,22,27)/t20-/m1/s1. The zero-order valence-corrected chi connectivity index (χ0v) is 14.7. The highest BCUT2D eigenvalue weighted by molar-refractivity contribution is 6.18. The number of para-hydroxylation sites is 1. The molecule has 1 atom stereocenters. The van der Waals surface area contributed by atoms with E-state index in [1.807, 2.05) is 0 Å². The number of fused-ring (bicyclic) bond motifs is 3. The summed E-state index contributed by atoms with van der Waals surface area (Å²) in [5, 5.41) is 2.74. The van der Waals surface area contributed by atoms with Gasteiger partial charge in [-0.2, -0.15) is 0 Å². The van der Waals surface area contributed by atoms with Crippen molar-refractivity contribution in [1.82, 2.24) is 4.90 Å². The van der Waals surface area contributed by atoms with Gasteiger partial charge in [0.1, 0.15) is 5.82 Å². The lowest BCUT2D eigenvalue weighted by atomic mass is 9.95. The molecular formula is C20H18FN3O3. The van der Waals surface area contributed by atoms with Crippen LogP contribution in [0.5, 0.6) is 0 Å². The first-order chi connectivity index (χ1) is 13.0. The van der Waals surface area contributed by atoms with E-state index in [-0.39, 0.29) is 31.2 Å². The molecule has 3 amide bonds. The summed E-state index contributed by atoms with van der Waals surface area (Å²) in [5.41, 5.74) is -0.174. The van der Waals surface area contributed by atoms with Crippen molar-refractivity contribution in [2.24, 2.45) is 0 Å². The summed E-state index contributed by atoms with van der Waals surface area (Å²) < 4.78 is 13.2. The van der Waals surface area contributed by atoms with E-state index in [0.29, 0.717) is 16.9 Å². The van der Waals surface area contributed by atoms with Crippen LogP contribution in [0.2, 0.25) is 0 Å². The van der Waals surface area contributed by atoms with Crippen LogP contribution in [-0.4, -0.2) is 34.8 Å². The minimum atomic E-state index is -1.42. The number of hydrogen-bond acceptors (Lipinski definition) is 3. The Bertz CT molecular complexity index is 944. The highest BCUT2D eigenvalue weighted by atomic mass is 19.1. The average molecular weight is 367 g/mol. The number of nitrogens with one attached hydrogen (secondary N) is 1. The molecule has 6 nitrogen and oxygen atoms in total. The Kier molecular flexibility index (Phi) is 3.95. The molecule has 7 heteroatoms. The van der Waals surface area contributed by atoms with Crippen LogP contribution in [0.3, 0.4) is 0 Å². The fraction of sp³-hybridized carbons (Fsp3) is 0.250. The molecule has 0 aliphatic carbocycles. The SMILES string of the molecule is CCN1C(=O)c2ccccc2N2C(=O)CC[C@@]12C(=O)Nc1ccc(F)cc1. The van der Waals surface area contributed by atoms with Gasteiger partial charge in [-0.1, -0.05) is 12.1 Å². The number of hydrogen-bond donors (Lipinski definition) is 1. The van der Waals surface area contributed by atoms with Gasteiger partial charge in [0, 0.05) is 25.1 Å².